The molecule has 0 aliphatic rings. The third kappa shape index (κ3) is 62.7. The van der Waals surface area contributed by atoms with E-state index in [9.17, 15) is 14.4 Å². The molecule has 0 radical (unpaired) electrons. The van der Waals surface area contributed by atoms with E-state index in [-0.39, 0.29) is 31.1 Å². The first-order valence-electron chi connectivity index (χ1n) is 32.5. The fourth-order valence-electron chi connectivity index (χ4n) is 8.80. The van der Waals surface area contributed by atoms with Crippen molar-refractivity contribution in [3.05, 3.63) is 122 Å². The lowest BCUT2D eigenvalue weighted by atomic mass is 10.1. The zero-order chi connectivity index (χ0) is 56.4. The Morgan fingerprint density at radius 2 is 0.500 bits per heavy atom. The van der Waals surface area contributed by atoms with Gasteiger partial charge in [0.25, 0.3) is 0 Å². The first-order chi connectivity index (χ1) is 38.5. The van der Waals surface area contributed by atoms with Gasteiger partial charge in [0.1, 0.15) is 13.2 Å². The van der Waals surface area contributed by atoms with Crippen molar-refractivity contribution in [1.82, 2.24) is 0 Å². The van der Waals surface area contributed by atoms with Crippen LogP contribution in [0, 0.1) is 0 Å². The Hall–Kier alpha value is -4.19. The standard InChI is InChI=1S/C72H120O6/c1-4-7-10-13-16-19-22-25-28-31-32-33-34-35-36-37-38-39-40-42-44-47-50-53-56-59-62-65-71(74)77-68-69(67-76-70(73)64-61-58-55-52-49-46-43-30-27-24-21-18-15-12-9-6-3)78-72(75)66-63-60-57-54-51-48-45-41-29-26-23-20-17-14-11-8-5-2/h7,10,16-17,19-21,24-26,28-30,32-33,35-36,38-39,43,69H,4-6,8-9,11-15,18,22-23,27,31,34,37,40-42,44-68H2,1-3H3/b10-7-,19-16-,20-17-,24-21-,28-25-,29-26-,33-32-,36-35-,39-38-,43-30-. The second-order valence-electron chi connectivity index (χ2n) is 21.3. The van der Waals surface area contributed by atoms with E-state index in [4.69, 9.17) is 14.2 Å². The fourth-order valence-corrected chi connectivity index (χ4v) is 8.80. The van der Waals surface area contributed by atoms with Crippen LogP contribution in [0.1, 0.15) is 297 Å². The van der Waals surface area contributed by atoms with Crippen LogP contribution in [0.4, 0.5) is 0 Å². The van der Waals surface area contributed by atoms with E-state index in [0.717, 1.165) is 141 Å². The van der Waals surface area contributed by atoms with Gasteiger partial charge in [-0.2, -0.15) is 0 Å². The van der Waals surface area contributed by atoms with Gasteiger partial charge < -0.3 is 14.2 Å². The number of ether oxygens (including phenoxy) is 3. The van der Waals surface area contributed by atoms with Gasteiger partial charge >= 0.3 is 17.9 Å². The summed E-state index contributed by atoms with van der Waals surface area (Å²) in [7, 11) is 0. The predicted molar refractivity (Wildman–Crippen MR) is 339 cm³/mol. The maximum absolute atomic E-state index is 12.9. The largest absolute Gasteiger partial charge is 0.462 e. The summed E-state index contributed by atoms with van der Waals surface area (Å²) in [5.74, 6) is -0.916. The molecule has 6 nitrogen and oxygen atoms in total. The zero-order valence-corrected chi connectivity index (χ0v) is 50.9. The van der Waals surface area contributed by atoms with Gasteiger partial charge in [0.15, 0.2) is 6.10 Å². The highest BCUT2D eigenvalue weighted by Gasteiger charge is 2.19. The Balaban J connectivity index is 4.39. The predicted octanol–water partition coefficient (Wildman–Crippen LogP) is 22.4. The van der Waals surface area contributed by atoms with Gasteiger partial charge in [0, 0.05) is 19.3 Å². The summed E-state index contributed by atoms with van der Waals surface area (Å²) >= 11 is 0. The molecular weight excluding hydrogens is 961 g/mol. The Kier molecular flexibility index (Phi) is 61.8. The van der Waals surface area contributed by atoms with Crippen molar-refractivity contribution in [2.24, 2.45) is 0 Å². The number of carbonyl (C=O) groups is 3. The summed E-state index contributed by atoms with van der Waals surface area (Å²) in [6.45, 7) is 6.47. The van der Waals surface area contributed by atoms with Crippen molar-refractivity contribution in [3.63, 3.8) is 0 Å². The van der Waals surface area contributed by atoms with Crippen LogP contribution in [-0.4, -0.2) is 37.2 Å². The quantitative estimate of drug-likeness (QED) is 0.0261. The number of esters is 3. The topological polar surface area (TPSA) is 78.9 Å². The molecule has 0 aromatic heterocycles. The molecule has 0 saturated heterocycles. The maximum Gasteiger partial charge on any atom is 0.306 e. The molecule has 1 atom stereocenters. The van der Waals surface area contributed by atoms with Crippen molar-refractivity contribution in [2.45, 2.75) is 303 Å². The van der Waals surface area contributed by atoms with Gasteiger partial charge in [-0.1, -0.05) is 264 Å². The summed E-state index contributed by atoms with van der Waals surface area (Å²) < 4.78 is 16.9. The lowest BCUT2D eigenvalue weighted by Gasteiger charge is -2.18. The first-order valence-corrected chi connectivity index (χ1v) is 32.5. The average molecular weight is 1080 g/mol. The van der Waals surface area contributed by atoms with Gasteiger partial charge in [-0.05, 0) is 135 Å². The number of carbonyl (C=O) groups excluding carboxylic acids is 3. The second-order valence-corrected chi connectivity index (χ2v) is 21.3. The van der Waals surface area contributed by atoms with Crippen LogP contribution in [0.5, 0.6) is 0 Å². The Bertz CT molecular complexity index is 1620. The summed E-state index contributed by atoms with van der Waals surface area (Å²) in [5, 5.41) is 0. The Morgan fingerprint density at radius 1 is 0.269 bits per heavy atom. The summed E-state index contributed by atoms with van der Waals surface area (Å²) in [4.78, 5) is 38.4. The Morgan fingerprint density at radius 3 is 0.808 bits per heavy atom. The summed E-state index contributed by atoms with van der Waals surface area (Å²) in [6, 6.07) is 0. The third-order valence-corrected chi connectivity index (χ3v) is 13.7. The van der Waals surface area contributed by atoms with Crippen LogP contribution in [0.25, 0.3) is 0 Å². The Labute approximate surface area is 482 Å². The number of hydrogen-bond donors (Lipinski definition) is 0. The highest BCUT2D eigenvalue weighted by atomic mass is 16.6. The van der Waals surface area contributed by atoms with Gasteiger partial charge in [0.2, 0.25) is 0 Å². The number of unbranched alkanes of at least 4 members (excludes halogenated alkanes) is 27. The van der Waals surface area contributed by atoms with Crippen molar-refractivity contribution in [2.75, 3.05) is 13.2 Å². The van der Waals surface area contributed by atoms with E-state index < -0.39 is 6.10 Å². The van der Waals surface area contributed by atoms with Crippen LogP contribution in [0.15, 0.2) is 122 Å². The molecule has 0 fully saturated rings. The molecule has 0 aromatic carbocycles. The molecule has 6 heteroatoms. The van der Waals surface area contributed by atoms with Crippen LogP contribution in [-0.2, 0) is 28.6 Å². The maximum atomic E-state index is 12.9. The van der Waals surface area contributed by atoms with E-state index in [1.165, 1.54) is 116 Å². The number of rotatable bonds is 58. The minimum Gasteiger partial charge on any atom is -0.462 e. The molecule has 0 heterocycles. The molecule has 0 amide bonds. The molecule has 78 heavy (non-hydrogen) atoms. The highest BCUT2D eigenvalue weighted by Crippen LogP contribution is 2.15. The van der Waals surface area contributed by atoms with Crippen LogP contribution in [0.3, 0.4) is 0 Å². The van der Waals surface area contributed by atoms with Crippen LogP contribution < -0.4 is 0 Å². The molecule has 0 saturated carbocycles. The average Bonchev–Trinajstić information content (AvgIpc) is 3.44. The van der Waals surface area contributed by atoms with Crippen molar-refractivity contribution < 1.29 is 28.6 Å². The first kappa shape index (κ1) is 73.8. The molecule has 1 unspecified atom stereocenters. The molecule has 0 aliphatic heterocycles. The van der Waals surface area contributed by atoms with E-state index in [1.54, 1.807) is 0 Å². The van der Waals surface area contributed by atoms with Crippen molar-refractivity contribution in [1.29, 1.82) is 0 Å². The van der Waals surface area contributed by atoms with E-state index in [2.05, 4.69) is 142 Å². The normalized spacial score (nSPS) is 12.9. The summed E-state index contributed by atoms with van der Waals surface area (Å²) in [6.07, 6.45) is 90.5. The smallest absolute Gasteiger partial charge is 0.306 e. The van der Waals surface area contributed by atoms with Crippen molar-refractivity contribution >= 4 is 17.9 Å². The molecule has 0 aliphatic carbocycles. The van der Waals surface area contributed by atoms with E-state index in [0.29, 0.717) is 19.3 Å². The molecule has 0 bridgehead atoms. The lowest BCUT2D eigenvalue weighted by molar-refractivity contribution is -0.167. The number of allylic oxidation sites excluding steroid dienone is 20. The third-order valence-electron chi connectivity index (χ3n) is 13.7. The minimum absolute atomic E-state index is 0.0921. The lowest BCUT2D eigenvalue weighted by Crippen LogP contribution is -2.30. The van der Waals surface area contributed by atoms with Crippen molar-refractivity contribution in [3.8, 4) is 0 Å². The van der Waals surface area contributed by atoms with Gasteiger partial charge in [-0.3, -0.25) is 14.4 Å². The van der Waals surface area contributed by atoms with E-state index in [1.807, 2.05) is 0 Å². The minimum atomic E-state index is -0.796. The molecule has 0 rings (SSSR count). The molecule has 0 aromatic rings. The highest BCUT2D eigenvalue weighted by molar-refractivity contribution is 5.71. The monoisotopic (exact) mass is 1080 g/mol. The van der Waals surface area contributed by atoms with Gasteiger partial charge in [-0.25, -0.2) is 0 Å². The SMILES string of the molecule is CC/C=C\C/C=C\C/C=C\C/C=C\C/C=C\C/C=C\CCCCCCCCCCC(=O)OCC(COC(=O)CCCCCCC/C=C\C/C=C\CCCCCC)OC(=O)CCCCCCCCC/C=C\C/C=C\CCCCC. The molecule has 0 N–H and O–H groups in total. The van der Waals surface area contributed by atoms with Gasteiger partial charge in [0.05, 0.1) is 0 Å². The second kappa shape index (κ2) is 65.3. The van der Waals surface area contributed by atoms with Crippen LogP contribution in [0.2, 0.25) is 0 Å². The summed E-state index contributed by atoms with van der Waals surface area (Å²) in [5.41, 5.74) is 0. The van der Waals surface area contributed by atoms with Crippen LogP contribution >= 0.6 is 0 Å². The van der Waals surface area contributed by atoms with Gasteiger partial charge in [-0.15, -0.1) is 0 Å². The van der Waals surface area contributed by atoms with E-state index >= 15 is 0 Å². The molecule has 444 valence electrons. The molecule has 0 spiro atoms. The zero-order valence-electron chi connectivity index (χ0n) is 50.9. The fraction of sp³-hybridized carbons (Fsp3) is 0.681. The molecular formula is C72H120O6. The number of hydrogen-bond acceptors (Lipinski definition) is 6.